The summed E-state index contributed by atoms with van der Waals surface area (Å²) in [5, 5.41) is 15.5. The number of aryl methyl sites for hydroxylation is 1. The Bertz CT molecular complexity index is 1200. The van der Waals surface area contributed by atoms with Gasteiger partial charge in [0, 0.05) is 11.1 Å². The first kappa shape index (κ1) is 19.2. The van der Waals surface area contributed by atoms with Crippen LogP contribution in [0, 0.1) is 6.92 Å². The SMILES string of the molecule is Cc1ccc(-n2nc(-c3ccc(Cl)c(Cl)c3)c(C(=O)O)c2-c2ccccc2)cc1. The number of benzene rings is 3. The summed E-state index contributed by atoms with van der Waals surface area (Å²) < 4.78 is 1.66. The van der Waals surface area contributed by atoms with Crippen LogP contribution in [0.25, 0.3) is 28.2 Å². The Morgan fingerprint density at radius 2 is 1.59 bits per heavy atom. The van der Waals surface area contributed by atoms with Crippen LogP contribution in [-0.2, 0) is 0 Å². The van der Waals surface area contributed by atoms with Crippen LogP contribution in [-0.4, -0.2) is 20.9 Å². The zero-order valence-corrected chi connectivity index (χ0v) is 16.9. The maximum atomic E-state index is 12.3. The van der Waals surface area contributed by atoms with Gasteiger partial charge in [0.1, 0.15) is 11.3 Å². The topological polar surface area (TPSA) is 55.1 Å². The van der Waals surface area contributed by atoms with Crippen molar-refractivity contribution < 1.29 is 9.90 Å². The number of aromatic nitrogens is 2. The van der Waals surface area contributed by atoms with Gasteiger partial charge in [0.15, 0.2) is 0 Å². The van der Waals surface area contributed by atoms with Crippen molar-refractivity contribution in [2.24, 2.45) is 0 Å². The number of rotatable bonds is 4. The van der Waals surface area contributed by atoms with E-state index in [0.29, 0.717) is 27.0 Å². The molecule has 29 heavy (non-hydrogen) atoms. The van der Waals surface area contributed by atoms with Crippen LogP contribution in [0.1, 0.15) is 15.9 Å². The minimum absolute atomic E-state index is 0.107. The molecular formula is C23H16Cl2N2O2. The monoisotopic (exact) mass is 422 g/mol. The molecule has 0 amide bonds. The van der Waals surface area contributed by atoms with E-state index < -0.39 is 5.97 Å². The van der Waals surface area contributed by atoms with Crippen molar-refractivity contribution in [1.82, 2.24) is 9.78 Å². The van der Waals surface area contributed by atoms with Crippen LogP contribution in [0.4, 0.5) is 0 Å². The van der Waals surface area contributed by atoms with Gasteiger partial charge in [-0.25, -0.2) is 9.48 Å². The zero-order chi connectivity index (χ0) is 20.5. The normalized spacial score (nSPS) is 10.9. The van der Waals surface area contributed by atoms with Gasteiger partial charge in [-0.1, -0.05) is 77.3 Å². The molecule has 4 rings (SSSR count). The third-order valence-corrected chi connectivity index (χ3v) is 5.36. The first-order valence-corrected chi connectivity index (χ1v) is 9.65. The summed E-state index contributed by atoms with van der Waals surface area (Å²) in [7, 11) is 0. The van der Waals surface area contributed by atoms with Gasteiger partial charge in [0.25, 0.3) is 0 Å². The molecule has 0 bridgehead atoms. The fraction of sp³-hybridized carbons (Fsp3) is 0.0435. The van der Waals surface area contributed by atoms with Crippen LogP contribution in [0.2, 0.25) is 10.0 Å². The highest BCUT2D eigenvalue weighted by Crippen LogP contribution is 2.36. The van der Waals surface area contributed by atoms with Crippen LogP contribution < -0.4 is 0 Å². The number of aromatic carboxylic acids is 1. The molecule has 0 atom stereocenters. The lowest BCUT2D eigenvalue weighted by Gasteiger charge is -2.09. The number of hydrogen-bond acceptors (Lipinski definition) is 2. The van der Waals surface area contributed by atoms with Crippen molar-refractivity contribution in [3.63, 3.8) is 0 Å². The number of carbonyl (C=O) groups is 1. The number of carboxylic acid groups (broad SMARTS) is 1. The van der Waals surface area contributed by atoms with E-state index in [4.69, 9.17) is 23.2 Å². The molecule has 1 N–H and O–H groups in total. The van der Waals surface area contributed by atoms with E-state index in [9.17, 15) is 9.90 Å². The molecule has 0 aliphatic heterocycles. The van der Waals surface area contributed by atoms with E-state index in [1.54, 1.807) is 22.9 Å². The predicted molar refractivity (Wildman–Crippen MR) is 116 cm³/mol. The van der Waals surface area contributed by atoms with Crippen molar-refractivity contribution in [3.05, 3.63) is 94.0 Å². The number of nitrogens with zero attached hydrogens (tertiary/aromatic N) is 2. The van der Waals surface area contributed by atoms with E-state index >= 15 is 0 Å². The largest absolute Gasteiger partial charge is 0.478 e. The highest BCUT2D eigenvalue weighted by atomic mass is 35.5. The standard InChI is InChI=1S/C23H16Cl2N2O2/c1-14-7-10-17(11-8-14)27-22(15-5-3-2-4-6-15)20(23(28)29)21(26-27)16-9-12-18(24)19(25)13-16/h2-13H,1H3,(H,28,29). The van der Waals surface area contributed by atoms with Crippen molar-refractivity contribution in [2.45, 2.75) is 6.92 Å². The lowest BCUT2D eigenvalue weighted by atomic mass is 10.0. The van der Waals surface area contributed by atoms with Gasteiger partial charge < -0.3 is 5.11 Å². The van der Waals surface area contributed by atoms with Gasteiger partial charge in [-0.05, 0) is 31.2 Å². The Hall–Kier alpha value is -3.08. The van der Waals surface area contributed by atoms with E-state index in [1.165, 1.54) is 0 Å². The van der Waals surface area contributed by atoms with Gasteiger partial charge >= 0.3 is 5.97 Å². The van der Waals surface area contributed by atoms with E-state index in [0.717, 1.165) is 16.8 Å². The molecule has 0 saturated heterocycles. The van der Waals surface area contributed by atoms with Crippen molar-refractivity contribution in [2.75, 3.05) is 0 Å². The maximum Gasteiger partial charge on any atom is 0.340 e. The van der Waals surface area contributed by atoms with Crippen LogP contribution in [0.5, 0.6) is 0 Å². The fourth-order valence-corrected chi connectivity index (χ4v) is 3.50. The second-order valence-electron chi connectivity index (χ2n) is 6.62. The number of halogens is 2. The molecule has 0 saturated carbocycles. The summed E-state index contributed by atoms with van der Waals surface area (Å²) >= 11 is 12.2. The fourth-order valence-electron chi connectivity index (χ4n) is 3.20. The smallest absolute Gasteiger partial charge is 0.340 e. The average molecular weight is 423 g/mol. The molecule has 4 nitrogen and oxygen atoms in total. The van der Waals surface area contributed by atoms with Crippen LogP contribution >= 0.6 is 23.2 Å². The molecular weight excluding hydrogens is 407 g/mol. The Balaban J connectivity index is 2.05. The summed E-state index contributed by atoms with van der Waals surface area (Å²) in [6, 6.07) is 22.1. The highest BCUT2D eigenvalue weighted by molar-refractivity contribution is 6.42. The molecule has 4 aromatic rings. The van der Waals surface area contributed by atoms with Crippen LogP contribution in [0.15, 0.2) is 72.8 Å². The Morgan fingerprint density at radius 3 is 2.21 bits per heavy atom. The molecule has 0 aliphatic carbocycles. The Labute approximate surface area is 178 Å². The van der Waals surface area contributed by atoms with E-state index in [1.807, 2.05) is 61.5 Å². The molecule has 0 aliphatic rings. The van der Waals surface area contributed by atoms with Gasteiger partial charge in [-0.2, -0.15) is 5.10 Å². The predicted octanol–water partition coefficient (Wildman–Crippen LogP) is 6.52. The Kier molecular flexibility index (Phi) is 5.14. The van der Waals surface area contributed by atoms with Gasteiger partial charge in [0.05, 0.1) is 21.4 Å². The van der Waals surface area contributed by atoms with Crippen molar-refractivity contribution >= 4 is 29.2 Å². The first-order valence-electron chi connectivity index (χ1n) is 8.90. The molecule has 0 spiro atoms. The second kappa shape index (κ2) is 7.74. The highest BCUT2D eigenvalue weighted by Gasteiger charge is 2.26. The summed E-state index contributed by atoms with van der Waals surface area (Å²) in [5.74, 6) is -1.07. The molecule has 1 aromatic heterocycles. The molecule has 1 heterocycles. The Morgan fingerprint density at radius 1 is 0.897 bits per heavy atom. The third-order valence-electron chi connectivity index (χ3n) is 4.62. The van der Waals surface area contributed by atoms with E-state index in [2.05, 4.69) is 5.10 Å². The molecule has 0 fully saturated rings. The summed E-state index contributed by atoms with van der Waals surface area (Å²) in [6.07, 6.45) is 0. The summed E-state index contributed by atoms with van der Waals surface area (Å²) in [4.78, 5) is 12.3. The van der Waals surface area contributed by atoms with E-state index in [-0.39, 0.29) is 5.56 Å². The minimum atomic E-state index is -1.07. The first-order chi connectivity index (χ1) is 14.0. The summed E-state index contributed by atoms with van der Waals surface area (Å²) in [6.45, 7) is 1.99. The molecule has 0 radical (unpaired) electrons. The van der Waals surface area contributed by atoms with Crippen molar-refractivity contribution in [3.8, 4) is 28.2 Å². The lowest BCUT2D eigenvalue weighted by molar-refractivity contribution is 0.0698. The molecule has 144 valence electrons. The zero-order valence-electron chi connectivity index (χ0n) is 15.4. The molecule has 6 heteroatoms. The van der Waals surface area contributed by atoms with Gasteiger partial charge in [-0.15, -0.1) is 0 Å². The third kappa shape index (κ3) is 3.65. The number of carboxylic acids is 1. The van der Waals surface area contributed by atoms with Crippen LogP contribution in [0.3, 0.4) is 0 Å². The summed E-state index contributed by atoms with van der Waals surface area (Å²) in [5.41, 5.74) is 4.14. The molecule has 3 aromatic carbocycles. The minimum Gasteiger partial charge on any atom is -0.478 e. The second-order valence-corrected chi connectivity index (χ2v) is 7.43. The maximum absolute atomic E-state index is 12.3. The average Bonchev–Trinajstić information content (AvgIpc) is 3.12. The van der Waals surface area contributed by atoms with Crippen molar-refractivity contribution in [1.29, 1.82) is 0 Å². The lowest BCUT2D eigenvalue weighted by Crippen LogP contribution is -2.03. The number of hydrogen-bond donors (Lipinski definition) is 1. The molecule has 0 unspecified atom stereocenters. The van der Waals surface area contributed by atoms with Gasteiger partial charge in [-0.3, -0.25) is 0 Å². The van der Waals surface area contributed by atoms with Gasteiger partial charge in [0.2, 0.25) is 0 Å². The quantitative estimate of drug-likeness (QED) is 0.407.